The summed E-state index contributed by atoms with van der Waals surface area (Å²) in [5.74, 6) is 0.808. The lowest BCUT2D eigenvalue weighted by Gasteiger charge is -2.25. The van der Waals surface area contributed by atoms with Crippen molar-refractivity contribution in [3.8, 4) is 11.1 Å². The Morgan fingerprint density at radius 1 is 1.11 bits per heavy atom. The van der Waals surface area contributed by atoms with Crippen molar-refractivity contribution >= 4 is 0 Å². The molecular formula is C17H20N2. The molecule has 1 aliphatic carbocycles. The van der Waals surface area contributed by atoms with E-state index in [1.54, 1.807) is 0 Å². The summed E-state index contributed by atoms with van der Waals surface area (Å²) in [7, 11) is 1.96. The van der Waals surface area contributed by atoms with Gasteiger partial charge < -0.3 is 5.32 Å². The molecule has 0 radical (unpaired) electrons. The number of rotatable bonds is 4. The first kappa shape index (κ1) is 12.4. The highest BCUT2D eigenvalue weighted by Gasteiger charge is 2.18. The normalized spacial score (nSPS) is 15.2. The van der Waals surface area contributed by atoms with E-state index in [9.17, 15) is 0 Å². The number of pyridine rings is 1. The van der Waals surface area contributed by atoms with E-state index >= 15 is 0 Å². The summed E-state index contributed by atoms with van der Waals surface area (Å²) >= 11 is 0. The van der Waals surface area contributed by atoms with Crippen LogP contribution in [0, 0.1) is 0 Å². The molecule has 0 saturated heterocycles. The average Bonchev–Trinajstić information content (AvgIpc) is 2.38. The smallest absolute Gasteiger partial charge is 0.0346 e. The van der Waals surface area contributed by atoms with Crippen molar-refractivity contribution < 1.29 is 0 Å². The molecule has 1 aromatic carbocycles. The summed E-state index contributed by atoms with van der Waals surface area (Å²) in [5.41, 5.74) is 5.18. The highest BCUT2D eigenvalue weighted by Crippen LogP contribution is 2.36. The van der Waals surface area contributed by atoms with Crippen LogP contribution in [-0.2, 0) is 6.54 Å². The van der Waals surface area contributed by atoms with Gasteiger partial charge in [-0.15, -0.1) is 0 Å². The minimum absolute atomic E-state index is 0.808. The zero-order valence-corrected chi connectivity index (χ0v) is 11.4. The van der Waals surface area contributed by atoms with Crippen molar-refractivity contribution in [3.63, 3.8) is 0 Å². The molecule has 1 aromatic heterocycles. The third-order valence-electron chi connectivity index (χ3n) is 4.00. The summed E-state index contributed by atoms with van der Waals surface area (Å²) in [6, 6.07) is 11.2. The molecule has 0 aliphatic heterocycles. The number of nitrogens with one attached hydrogen (secondary N) is 1. The number of hydrogen-bond acceptors (Lipinski definition) is 2. The van der Waals surface area contributed by atoms with Crippen molar-refractivity contribution in [3.05, 3.63) is 53.9 Å². The molecule has 1 aliphatic rings. The largest absolute Gasteiger partial charge is 0.316 e. The van der Waals surface area contributed by atoms with Gasteiger partial charge in [-0.3, -0.25) is 4.98 Å². The van der Waals surface area contributed by atoms with Crippen molar-refractivity contribution in [2.24, 2.45) is 0 Å². The number of hydrogen-bond donors (Lipinski definition) is 1. The van der Waals surface area contributed by atoms with Gasteiger partial charge in [0.25, 0.3) is 0 Å². The molecule has 98 valence electrons. The predicted octanol–water partition coefficient (Wildman–Crippen LogP) is 3.74. The molecule has 1 saturated carbocycles. The predicted molar refractivity (Wildman–Crippen MR) is 79.0 cm³/mol. The number of benzene rings is 1. The average molecular weight is 252 g/mol. The van der Waals surface area contributed by atoms with Gasteiger partial charge in [0.15, 0.2) is 0 Å². The molecule has 2 nitrogen and oxygen atoms in total. The number of nitrogens with zero attached hydrogens (tertiary/aromatic N) is 1. The maximum Gasteiger partial charge on any atom is 0.0346 e. The van der Waals surface area contributed by atoms with Crippen LogP contribution in [0.15, 0.2) is 42.7 Å². The molecule has 19 heavy (non-hydrogen) atoms. The molecule has 1 N–H and O–H groups in total. The second-order valence-electron chi connectivity index (χ2n) is 5.36. The van der Waals surface area contributed by atoms with Gasteiger partial charge in [0.2, 0.25) is 0 Å². The SMILES string of the molecule is CNCc1cncc(-c2ccc(C3CCC3)cc2)c1. The fraction of sp³-hybridized carbons (Fsp3) is 0.353. The Kier molecular flexibility index (Phi) is 3.60. The third-order valence-corrected chi connectivity index (χ3v) is 4.00. The Bertz CT molecular complexity index is 541. The van der Waals surface area contributed by atoms with Gasteiger partial charge in [-0.25, -0.2) is 0 Å². The fourth-order valence-electron chi connectivity index (χ4n) is 2.64. The standard InChI is InChI=1S/C17H20N2/c1-18-10-13-9-17(12-19-11-13)16-7-5-15(6-8-16)14-3-2-4-14/h5-9,11-12,14,18H,2-4,10H2,1H3. The Hall–Kier alpha value is -1.67. The molecule has 0 atom stereocenters. The molecule has 0 bridgehead atoms. The second-order valence-corrected chi connectivity index (χ2v) is 5.36. The van der Waals surface area contributed by atoms with E-state index in [0.717, 1.165) is 12.5 Å². The Morgan fingerprint density at radius 3 is 2.53 bits per heavy atom. The van der Waals surface area contributed by atoms with E-state index in [4.69, 9.17) is 0 Å². The Morgan fingerprint density at radius 2 is 1.89 bits per heavy atom. The van der Waals surface area contributed by atoms with E-state index in [2.05, 4.69) is 40.6 Å². The summed E-state index contributed by atoms with van der Waals surface area (Å²) < 4.78 is 0. The molecule has 2 heteroatoms. The minimum Gasteiger partial charge on any atom is -0.316 e. The molecule has 1 fully saturated rings. The van der Waals surface area contributed by atoms with E-state index in [-0.39, 0.29) is 0 Å². The van der Waals surface area contributed by atoms with E-state index < -0.39 is 0 Å². The van der Waals surface area contributed by atoms with Crippen LogP contribution in [-0.4, -0.2) is 12.0 Å². The molecule has 0 amide bonds. The van der Waals surface area contributed by atoms with Gasteiger partial charge in [-0.05, 0) is 48.6 Å². The third kappa shape index (κ3) is 2.69. The van der Waals surface area contributed by atoms with Crippen molar-refractivity contribution in [2.45, 2.75) is 31.7 Å². The van der Waals surface area contributed by atoms with Gasteiger partial charge in [-0.1, -0.05) is 30.7 Å². The molecule has 1 heterocycles. The van der Waals surface area contributed by atoms with Crippen LogP contribution in [0.4, 0.5) is 0 Å². The zero-order valence-electron chi connectivity index (χ0n) is 11.4. The summed E-state index contributed by atoms with van der Waals surface area (Å²) in [6.45, 7) is 0.862. The van der Waals surface area contributed by atoms with Crippen LogP contribution >= 0.6 is 0 Å². The maximum atomic E-state index is 4.32. The van der Waals surface area contributed by atoms with Crippen LogP contribution in [0.1, 0.15) is 36.3 Å². The first-order valence-electron chi connectivity index (χ1n) is 7.05. The highest BCUT2D eigenvalue weighted by molar-refractivity contribution is 5.63. The summed E-state index contributed by atoms with van der Waals surface area (Å²) in [5, 5.41) is 3.16. The first-order chi connectivity index (χ1) is 9.36. The number of aromatic nitrogens is 1. The van der Waals surface area contributed by atoms with Crippen molar-refractivity contribution in [1.29, 1.82) is 0 Å². The molecule has 0 unspecified atom stereocenters. The lowest BCUT2D eigenvalue weighted by atomic mass is 9.80. The molecule has 2 aromatic rings. The quantitative estimate of drug-likeness (QED) is 0.896. The van der Waals surface area contributed by atoms with E-state index in [0.29, 0.717) is 0 Å². The fourth-order valence-corrected chi connectivity index (χ4v) is 2.64. The highest BCUT2D eigenvalue weighted by atomic mass is 14.8. The molecule has 0 spiro atoms. The van der Waals surface area contributed by atoms with Gasteiger partial charge in [-0.2, -0.15) is 0 Å². The van der Waals surface area contributed by atoms with Crippen LogP contribution in [0.25, 0.3) is 11.1 Å². The van der Waals surface area contributed by atoms with E-state index in [1.165, 1.54) is 41.5 Å². The van der Waals surface area contributed by atoms with Crippen LogP contribution in [0.2, 0.25) is 0 Å². The van der Waals surface area contributed by atoms with E-state index in [1.807, 2.05) is 19.4 Å². The zero-order chi connectivity index (χ0) is 13.1. The summed E-state index contributed by atoms with van der Waals surface area (Å²) in [6.07, 6.45) is 7.97. The maximum absolute atomic E-state index is 4.32. The lowest BCUT2D eigenvalue weighted by Crippen LogP contribution is -2.08. The van der Waals surface area contributed by atoms with Crippen molar-refractivity contribution in [1.82, 2.24) is 10.3 Å². The topological polar surface area (TPSA) is 24.9 Å². The Labute approximate surface area is 114 Å². The molecule has 3 rings (SSSR count). The monoisotopic (exact) mass is 252 g/mol. The Balaban J connectivity index is 1.82. The van der Waals surface area contributed by atoms with Gasteiger partial charge in [0.1, 0.15) is 0 Å². The van der Waals surface area contributed by atoms with Crippen LogP contribution in [0.3, 0.4) is 0 Å². The molecular weight excluding hydrogens is 232 g/mol. The van der Waals surface area contributed by atoms with Gasteiger partial charge in [0, 0.05) is 24.5 Å². The van der Waals surface area contributed by atoms with Gasteiger partial charge in [0.05, 0.1) is 0 Å². The first-order valence-corrected chi connectivity index (χ1v) is 7.05. The lowest BCUT2D eigenvalue weighted by molar-refractivity contribution is 0.420. The second kappa shape index (κ2) is 5.54. The summed E-state index contributed by atoms with van der Waals surface area (Å²) in [4.78, 5) is 4.32. The van der Waals surface area contributed by atoms with Crippen LogP contribution in [0.5, 0.6) is 0 Å². The van der Waals surface area contributed by atoms with Crippen LogP contribution < -0.4 is 5.32 Å². The van der Waals surface area contributed by atoms with Crippen molar-refractivity contribution in [2.75, 3.05) is 7.05 Å². The van der Waals surface area contributed by atoms with Gasteiger partial charge >= 0.3 is 0 Å². The minimum atomic E-state index is 0.808.